The van der Waals surface area contributed by atoms with Crippen molar-refractivity contribution in [3.05, 3.63) is 64.2 Å². The lowest BCUT2D eigenvalue weighted by Crippen LogP contribution is -2.18. The molecule has 0 aromatic heterocycles. The summed E-state index contributed by atoms with van der Waals surface area (Å²) < 4.78 is 5.39. The number of rotatable bonds is 16. The van der Waals surface area contributed by atoms with E-state index in [1.807, 2.05) is 19.1 Å². The zero-order chi connectivity index (χ0) is 25.5. The maximum absolute atomic E-state index is 12.4. The molecule has 6 heteroatoms. The SMILES string of the molecule is CCCCCCCCCCCCOC(=O)c1ccc(Cl)c(NC(=O)CC(=O)c2ccccc2C)c1. The van der Waals surface area contributed by atoms with Crippen LogP contribution in [0.3, 0.4) is 0 Å². The minimum absolute atomic E-state index is 0.274. The molecule has 0 aliphatic heterocycles. The molecule has 0 unspecified atom stereocenters. The topological polar surface area (TPSA) is 72.5 Å². The molecule has 35 heavy (non-hydrogen) atoms. The van der Waals surface area contributed by atoms with Gasteiger partial charge in [0, 0.05) is 5.56 Å². The van der Waals surface area contributed by atoms with E-state index in [1.165, 1.54) is 57.1 Å². The van der Waals surface area contributed by atoms with E-state index in [0.717, 1.165) is 24.8 Å². The molecular formula is C29H38ClNO4. The molecule has 0 fully saturated rings. The number of carbonyl (C=O) groups is 3. The fourth-order valence-electron chi connectivity index (χ4n) is 3.91. The van der Waals surface area contributed by atoms with Gasteiger partial charge in [0.25, 0.3) is 0 Å². The van der Waals surface area contributed by atoms with Crippen molar-refractivity contribution in [1.29, 1.82) is 0 Å². The predicted molar refractivity (Wildman–Crippen MR) is 142 cm³/mol. The number of Topliss-reactive ketones (excluding diaryl/α,β-unsaturated/α-hetero) is 1. The number of anilines is 1. The molecule has 2 aromatic carbocycles. The zero-order valence-corrected chi connectivity index (χ0v) is 21.8. The monoisotopic (exact) mass is 499 g/mol. The van der Waals surface area contributed by atoms with Crippen LogP contribution in [0.2, 0.25) is 5.02 Å². The Kier molecular flexibility index (Phi) is 13.1. The van der Waals surface area contributed by atoms with Gasteiger partial charge in [0.1, 0.15) is 0 Å². The third-order valence-electron chi connectivity index (χ3n) is 5.97. The van der Waals surface area contributed by atoms with Gasteiger partial charge in [-0.15, -0.1) is 0 Å². The van der Waals surface area contributed by atoms with Crippen molar-refractivity contribution in [3.8, 4) is 0 Å². The molecule has 2 rings (SSSR count). The fourth-order valence-corrected chi connectivity index (χ4v) is 4.07. The van der Waals surface area contributed by atoms with Crippen molar-refractivity contribution in [2.24, 2.45) is 0 Å². The number of unbranched alkanes of at least 4 members (excludes halogenated alkanes) is 9. The van der Waals surface area contributed by atoms with E-state index < -0.39 is 11.9 Å². The summed E-state index contributed by atoms with van der Waals surface area (Å²) in [5.74, 6) is -1.22. The summed E-state index contributed by atoms with van der Waals surface area (Å²) in [4.78, 5) is 37.3. The number of halogens is 1. The number of ketones is 1. The van der Waals surface area contributed by atoms with Gasteiger partial charge < -0.3 is 10.1 Å². The molecule has 0 heterocycles. The second-order valence-corrected chi connectivity index (χ2v) is 9.38. The Morgan fingerprint density at radius 3 is 2.14 bits per heavy atom. The first-order valence-corrected chi connectivity index (χ1v) is 13.2. The van der Waals surface area contributed by atoms with E-state index in [9.17, 15) is 14.4 Å². The van der Waals surface area contributed by atoms with E-state index in [4.69, 9.17) is 16.3 Å². The van der Waals surface area contributed by atoms with Crippen molar-refractivity contribution in [3.63, 3.8) is 0 Å². The molecule has 0 aliphatic carbocycles. The number of nitrogens with one attached hydrogen (secondary N) is 1. The van der Waals surface area contributed by atoms with Crippen LogP contribution in [0.25, 0.3) is 0 Å². The van der Waals surface area contributed by atoms with Crippen molar-refractivity contribution in [1.82, 2.24) is 0 Å². The van der Waals surface area contributed by atoms with Gasteiger partial charge in [-0.05, 0) is 37.1 Å². The number of benzene rings is 2. The smallest absolute Gasteiger partial charge is 0.338 e. The number of amides is 1. The summed E-state index contributed by atoms with van der Waals surface area (Å²) in [5, 5.41) is 2.92. The van der Waals surface area contributed by atoms with Crippen LogP contribution in [0.5, 0.6) is 0 Å². The first-order valence-electron chi connectivity index (χ1n) is 12.8. The standard InChI is InChI=1S/C29H38ClNO4/c1-3-4-5-6-7-8-9-10-11-14-19-35-29(34)23-17-18-25(30)26(20-23)31-28(33)21-27(32)24-16-13-12-15-22(24)2/h12-13,15-18,20H,3-11,14,19,21H2,1-2H3,(H,31,33). The van der Waals surface area contributed by atoms with Crippen LogP contribution in [0.15, 0.2) is 42.5 Å². The molecule has 0 aliphatic rings. The summed E-state index contributed by atoms with van der Waals surface area (Å²) >= 11 is 6.19. The van der Waals surface area contributed by atoms with Crippen molar-refractivity contribution < 1.29 is 19.1 Å². The molecule has 0 bridgehead atoms. The van der Waals surface area contributed by atoms with E-state index in [0.29, 0.717) is 17.7 Å². The third kappa shape index (κ3) is 10.6. The molecule has 0 saturated carbocycles. The van der Waals surface area contributed by atoms with Crippen LogP contribution in [-0.4, -0.2) is 24.3 Å². The van der Waals surface area contributed by atoms with Crippen molar-refractivity contribution in [2.45, 2.75) is 84.5 Å². The largest absolute Gasteiger partial charge is 0.462 e. The Morgan fingerprint density at radius 1 is 0.857 bits per heavy atom. The Labute approximate surface area is 214 Å². The summed E-state index contributed by atoms with van der Waals surface area (Å²) in [6.45, 7) is 4.42. The first kappa shape index (κ1) is 28.6. The fraction of sp³-hybridized carbons (Fsp3) is 0.483. The van der Waals surface area contributed by atoms with Crippen LogP contribution in [0.1, 0.15) is 104 Å². The second kappa shape index (κ2) is 16.1. The van der Waals surface area contributed by atoms with E-state index >= 15 is 0 Å². The van der Waals surface area contributed by atoms with Crippen molar-refractivity contribution in [2.75, 3.05) is 11.9 Å². The van der Waals surface area contributed by atoms with Gasteiger partial charge in [-0.3, -0.25) is 9.59 Å². The third-order valence-corrected chi connectivity index (χ3v) is 6.30. The molecule has 0 saturated heterocycles. The molecule has 5 nitrogen and oxygen atoms in total. The van der Waals surface area contributed by atoms with E-state index in [2.05, 4.69) is 12.2 Å². The number of esters is 1. The lowest BCUT2D eigenvalue weighted by atomic mass is 10.0. The quantitative estimate of drug-likeness (QED) is 0.110. The van der Waals surface area contributed by atoms with Crippen molar-refractivity contribution >= 4 is 34.9 Å². The zero-order valence-electron chi connectivity index (χ0n) is 21.0. The summed E-state index contributed by atoms with van der Waals surface area (Å²) in [7, 11) is 0. The maximum atomic E-state index is 12.4. The number of hydrogen-bond donors (Lipinski definition) is 1. The van der Waals surface area contributed by atoms with Crippen LogP contribution in [0, 0.1) is 6.92 Å². The average Bonchev–Trinajstić information content (AvgIpc) is 2.84. The minimum Gasteiger partial charge on any atom is -0.462 e. The highest BCUT2D eigenvalue weighted by atomic mass is 35.5. The van der Waals surface area contributed by atoms with Gasteiger partial charge in [0.15, 0.2) is 5.78 Å². The Morgan fingerprint density at radius 2 is 1.49 bits per heavy atom. The molecule has 1 N–H and O–H groups in total. The number of aryl methyl sites for hydroxylation is 1. The molecule has 0 radical (unpaired) electrons. The lowest BCUT2D eigenvalue weighted by Gasteiger charge is -2.10. The molecule has 0 atom stereocenters. The van der Waals surface area contributed by atoms with Gasteiger partial charge in [0.05, 0.1) is 29.3 Å². The van der Waals surface area contributed by atoms with Crippen LogP contribution in [0.4, 0.5) is 5.69 Å². The predicted octanol–water partition coefficient (Wildman–Crippen LogP) is 7.94. The molecule has 2 aromatic rings. The summed E-state index contributed by atoms with van der Waals surface area (Å²) in [6, 6.07) is 11.7. The summed E-state index contributed by atoms with van der Waals surface area (Å²) in [6.07, 6.45) is 11.8. The van der Waals surface area contributed by atoms with Gasteiger partial charge >= 0.3 is 5.97 Å². The molecule has 1 amide bonds. The average molecular weight is 500 g/mol. The van der Waals surface area contributed by atoms with Crippen LogP contribution in [-0.2, 0) is 9.53 Å². The molecule has 190 valence electrons. The van der Waals surface area contributed by atoms with Gasteiger partial charge in [-0.2, -0.15) is 0 Å². The Bertz CT molecular complexity index is 973. The second-order valence-electron chi connectivity index (χ2n) is 8.98. The highest BCUT2D eigenvalue weighted by Crippen LogP contribution is 2.24. The minimum atomic E-state index is -0.490. The van der Waals surface area contributed by atoms with Gasteiger partial charge in [0.2, 0.25) is 5.91 Å². The Balaban J connectivity index is 1.73. The molecular weight excluding hydrogens is 462 g/mol. The normalized spacial score (nSPS) is 10.7. The van der Waals surface area contributed by atoms with Gasteiger partial charge in [-0.1, -0.05) is 101 Å². The highest BCUT2D eigenvalue weighted by molar-refractivity contribution is 6.34. The number of ether oxygens (including phenoxy) is 1. The van der Waals surface area contributed by atoms with Crippen LogP contribution >= 0.6 is 11.6 Å². The number of carbonyl (C=O) groups excluding carboxylic acids is 3. The summed E-state index contributed by atoms with van der Waals surface area (Å²) in [5.41, 5.74) is 1.91. The van der Waals surface area contributed by atoms with E-state index in [1.54, 1.807) is 18.2 Å². The number of hydrogen-bond acceptors (Lipinski definition) is 4. The highest BCUT2D eigenvalue weighted by Gasteiger charge is 2.16. The lowest BCUT2D eigenvalue weighted by molar-refractivity contribution is -0.115. The Hall–Kier alpha value is -2.66. The van der Waals surface area contributed by atoms with E-state index in [-0.39, 0.29) is 22.9 Å². The van der Waals surface area contributed by atoms with Crippen LogP contribution < -0.4 is 5.32 Å². The maximum Gasteiger partial charge on any atom is 0.338 e. The first-order chi connectivity index (χ1) is 16.9. The van der Waals surface area contributed by atoms with Gasteiger partial charge in [-0.25, -0.2) is 4.79 Å². The molecule has 0 spiro atoms.